The van der Waals surface area contributed by atoms with E-state index < -0.39 is 0 Å². The van der Waals surface area contributed by atoms with Gasteiger partial charge < -0.3 is 19.5 Å². The predicted molar refractivity (Wildman–Crippen MR) is 47.8 cm³/mol. The Morgan fingerprint density at radius 1 is 1.54 bits per heavy atom. The monoisotopic (exact) mass is 187 g/mol. The van der Waals surface area contributed by atoms with E-state index in [1.165, 1.54) is 0 Å². The number of morpholine rings is 1. The van der Waals surface area contributed by atoms with Crippen LogP contribution < -0.4 is 5.32 Å². The molecule has 0 bridgehead atoms. The Hall–Kier alpha value is -0.160. The summed E-state index contributed by atoms with van der Waals surface area (Å²) in [6.07, 6.45) is 0.980. The fraction of sp³-hybridized carbons (Fsp3) is 1.00. The van der Waals surface area contributed by atoms with Crippen molar-refractivity contribution < 1.29 is 14.2 Å². The molecule has 2 unspecified atom stereocenters. The molecule has 2 rings (SSSR count). The van der Waals surface area contributed by atoms with Gasteiger partial charge >= 0.3 is 0 Å². The molecule has 2 aliphatic rings. The van der Waals surface area contributed by atoms with Gasteiger partial charge in [0.25, 0.3) is 0 Å². The van der Waals surface area contributed by atoms with Gasteiger partial charge in [0.15, 0.2) is 0 Å². The van der Waals surface area contributed by atoms with Crippen LogP contribution in [0, 0.1) is 0 Å². The van der Waals surface area contributed by atoms with Gasteiger partial charge in [-0.05, 0) is 0 Å². The third kappa shape index (κ3) is 1.72. The standard InChI is InChI=1S/C9H17NO3/c1-11-6-8-9(2-4-12-7-9)13-5-3-10-8/h8,10H,2-7H2,1H3. The molecule has 0 aromatic carbocycles. The molecule has 2 atom stereocenters. The zero-order chi connectivity index (χ0) is 9.15. The molecule has 2 saturated heterocycles. The molecule has 2 heterocycles. The van der Waals surface area contributed by atoms with Crippen molar-refractivity contribution in [3.63, 3.8) is 0 Å². The summed E-state index contributed by atoms with van der Waals surface area (Å²) in [6.45, 7) is 3.90. The van der Waals surface area contributed by atoms with Crippen molar-refractivity contribution in [2.45, 2.75) is 18.1 Å². The van der Waals surface area contributed by atoms with Crippen LogP contribution in [0.3, 0.4) is 0 Å². The Balaban J connectivity index is 2.03. The SMILES string of the molecule is COCC1NCCOC12CCOC2. The van der Waals surface area contributed by atoms with Crippen LogP contribution in [0.15, 0.2) is 0 Å². The summed E-state index contributed by atoms with van der Waals surface area (Å²) in [5.41, 5.74) is -0.117. The Bertz CT molecular complexity index is 166. The van der Waals surface area contributed by atoms with E-state index in [1.807, 2.05) is 0 Å². The van der Waals surface area contributed by atoms with Crippen LogP contribution in [-0.2, 0) is 14.2 Å². The first-order valence-corrected chi connectivity index (χ1v) is 4.81. The lowest BCUT2D eigenvalue weighted by molar-refractivity contribution is -0.110. The topological polar surface area (TPSA) is 39.7 Å². The van der Waals surface area contributed by atoms with Crippen LogP contribution in [0.1, 0.15) is 6.42 Å². The van der Waals surface area contributed by atoms with Crippen molar-refractivity contribution >= 4 is 0 Å². The molecule has 2 fully saturated rings. The smallest absolute Gasteiger partial charge is 0.111 e. The molecule has 1 N–H and O–H groups in total. The third-order valence-corrected chi connectivity index (χ3v) is 2.87. The van der Waals surface area contributed by atoms with Gasteiger partial charge in [0.05, 0.1) is 25.9 Å². The molecule has 1 spiro atoms. The van der Waals surface area contributed by atoms with Gasteiger partial charge in [-0.1, -0.05) is 0 Å². The molecule has 76 valence electrons. The van der Waals surface area contributed by atoms with Crippen molar-refractivity contribution in [2.75, 3.05) is 40.1 Å². The van der Waals surface area contributed by atoms with Gasteiger partial charge in [-0.2, -0.15) is 0 Å². The van der Waals surface area contributed by atoms with Crippen molar-refractivity contribution in [1.82, 2.24) is 5.32 Å². The fourth-order valence-electron chi connectivity index (χ4n) is 2.10. The molecule has 0 aliphatic carbocycles. The average Bonchev–Trinajstić information content (AvgIpc) is 2.59. The molecule has 4 heteroatoms. The largest absolute Gasteiger partial charge is 0.383 e. The number of hydrogen-bond acceptors (Lipinski definition) is 4. The minimum Gasteiger partial charge on any atom is -0.383 e. The Labute approximate surface area is 78.5 Å². The van der Waals surface area contributed by atoms with Gasteiger partial charge in [0.1, 0.15) is 5.60 Å². The van der Waals surface area contributed by atoms with E-state index in [4.69, 9.17) is 14.2 Å². The molecule has 4 nitrogen and oxygen atoms in total. The van der Waals surface area contributed by atoms with Crippen LogP contribution >= 0.6 is 0 Å². The lowest BCUT2D eigenvalue weighted by Gasteiger charge is -2.40. The highest BCUT2D eigenvalue weighted by Gasteiger charge is 2.45. The maximum Gasteiger partial charge on any atom is 0.111 e. The number of hydrogen-bond donors (Lipinski definition) is 1. The van der Waals surface area contributed by atoms with Crippen LogP contribution in [0.2, 0.25) is 0 Å². The quantitative estimate of drug-likeness (QED) is 0.649. The van der Waals surface area contributed by atoms with E-state index in [9.17, 15) is 0 Å². The lowest BCUT2D eigenvalue weighted by atomic mass is 9.92. The van der Waals surface area contributed by atoms with Gasteiger partial charge in [-0.3, -0.25) is 0 Å². The van der Waals surface area contributed by atoms with Crippen molar-refractivity contribution in [3.05, 3.63) is 0 Å². The first kappa shape index (κ1) is 9.40. The maximum atomic E-state index is 5.82. The van der Waals surface area contributed by atoms with Crippen LogP contribution in [-0.4, -0.2) is 51.7 Å². The number of ether oxygens (including phenoxy) is 3. The van der Waals surface area contributed by atoms with E-state index in [0.29, 0.717) is 13.2 Å². The molecular weight excluding hydrogens is 170 g/mol. The zero-order valence-corrected chi connectivity index (χ0v) is 8.04. The summed E-state index contributed by atoms with van der Waals surface area (Å²) in [4.78, 5) is 0. The Kier molecular flexibility index (Phi) is 2.83. The Morgan fingerprint density at radius 2 is 2.46 bits per heavy atom. The van der Waals surface area contributed by atoms with Crippen molar-refractivity contribution in [3.8, 4) is 0 Å². The third-order valence-electron chi connectivity index (χ3n) is 2.87. The van der Waals surface area contributed by atoms with Gasteiger partial charge in [-0.25, -0.2) is 0 Å². The Morgan fingerprint density at radius 3 is 3.15 bits per heavy atom. The van der Waals surface area contributed by atoms with Crippen LogP contribution in [0.4, 0.5) is 0 Å². The normalized spacial score (nSPS) is 39.9. The summed E-state index contributed by atoms with van der Waals surface area (Å²) in [5, 5.41) is 3.42. The second-order valence-corrected chi connectivity index (χ2v) is 3.68. The number of nitrogens with one attached hydrogen (secondary N) is 1. The first-order chi connectivity index (χ1) is 6.37. The van der Waals surface area contributed by atoms with Gasteiger partial charge in [-0.15, -0.1) is 0 Å². The lowest BCUT2D eigenvalue weighted by Crippen LogP contribution is -2.60. The summed E-state index contributed by atoms with van der Waals surface area (Å²) < 4.78 is 16.4. The maximum absolute atomic E-state index is 5.82. The highest BCUT2D eigenvalue weighted by molar-refractivity contribution is 4.98. The van der Waals surface area contributed by atoms with Gasteiger partial charge in [0.2, 0.25) is 0 Å². The minimum absolute atomic E-state index is 0.117. The summed E-state index contributed by atoms with van der Waals surface area (Å²) in [6, 6.07) is 0.286. The first-order valence-electron chi connectivity index (χ1n) is 4.81. The molecule has 0 amide bonds. The van der Waals surface area contributed by atoms with Crippen molar-refractivity contribution in [1.29, 1.82) is 0 Å². The fourth-order valence-corrected chi connectivity index (χ4v) is 2.10. The van der Waals surface area contributed by atoms with Crippen molar-refractivity contribution in [2.24, 2.45) is 0 Å². The summed E-state index contributed by atoms with van der Waals surface area (Å²) >= 11 is 0. The number of rotatable bonds is 2. The average molecular weight is 187 g/mol. The molecule has 0 aromatic heterocycles. The highest BCUT2D eigenvalue weighted by atomic mass is 16.6. The molecule has 0 radical (unpaired) electrons. The zero-order valence-electron chi connectivity index (χ0n) is 8.04. The van der Waals surface area contributed by atoms with E-state index in [-0.39, 0.29) is 11.6 Å². The molecule has 0 aromatic rings. The van der Waals surface area contributed by atoms with E-state index in [2.05, 4.69) is 5.32 Å². The summed E-state index contributed by atoms with van der Waals surface area (Å²) in [5.74, 6) is 0. The van der Waals surface area contributed by atoms with E-state index in [0.717, 1.165) is 26.2 Å². The minimum atomic E-state index is -0.117. The highest BCUT2D eigenvalue weighted by Crippen LogP contribution is 2.29. The number of methoxy groups -OCH3 is 1. The molecule has 0 saturated carbocycles. The molecule has 13 heavy (non-hydrogen) atoms. The predicted octanol–water partition coefficient (Wildman–Crippen LogP) is -0.220. The van der Waals surface area contributed by atoms with Gasteiger partial charge in [0, 0.05) is 26.7 Å². The summed E-state index contributed by atoms with van der Waals surface area (Å²) in [7, 11) is 1.72. The second-order valence-electron chi connectivity index (χ2n) is 3.68. The van der Waals surface area contributed by atoms with E-state index >= 15 is 0 Å². The van der Waals surface area contributed by atoms with E-state index in [1.54, 1.807) is 7.11 Å². The van der Waals surface area contributed by atoms with Crippen LogP contribution in [0.5, 0.6) is 0 Å². The van der Waals surface area contributed by atoms with Crippen LogP contribution in [0.25, 0.3) is 0 Å². The molecular formula is C9H17NO3. The second kappa shape index (κ2) is 3.92. The molecule has 2 aliphatic heterocycles.